The summed E-state index contributed by atoms with van der Waals surface area (Å²) in [7, 11) is 1.70. The largest absolute Gasteiger partial charge is 0.445 e. The van der Waals surface area contributed by atoms with Crippen molar-refractivity contribution in [2.45, 2.75) is 25.5 Å². The topological polar surface area (TPSA) is 46.6 Å². The highest BCUT2D eigenvalue weighted by molar-refractivity contribution is 6.30. The number of cyclic esters (lactones) is 1. The van der Waals surface area contributed by atoms with E-state index in [9.17, 15) is 9.59 Å². The lowest BCUT2D eigenvalue weighted by Crippen LogP contribution is -2.51. The van der Waals surface area contributed by atoms with Crippen LogP contribution in [0.1, 0.15) is 28.4 Å². The highest BCUT2D eigenvalue weighted by Crippen LogP contribution is 2.29. The van der Waals surface area contributed by atoms with Gasteiger partial charge in [0.05, 0.1) is 5.56 Å². The van der Waals surface area contributed by atoms with E-state index in [1.165, 1.54) is 0 Å². The molecular formula is C19H18ClNO3. The van der Waals surface area contributed by atoms with E-state index in [0.29, 0.717) is 23.6 Å². The van der Waals surface area contributed by atoms with Crippen molar-refractivity contribution in [3.05, 3.63) is 70.2 Å². The van der Waals surface area contributed by atoms with Crippen LogP contribution in [0.25, 0.3) is 0 Å². The number of hydrogen-bond acceptors (Lipinski definition) is 3. The number of amides is 1. The monoisotopic (exact) mass is 343 g/mol. The van der Waals surface area contributed by atoms with E-state index >= 15 is 0 Å². The molecule has 2 aromatic rings. The molecule has 3 rings (SSSR count). The summed E-state index contributed by atoms with van der Waals surface area (Å²) in [6, 6.07) is 14.6. The minimum atomic E-state index is -1.20. The van der Waals surface area contributed by atoms with Gasteiger partial charge in [0.2, 0.25) is 0 Å². The van der Waals surface area contributed by atoms with Gasteiger partial charge in [0.25, 0.3) is 5.91 Å². The van der Waals surface area contributed by atoms with Crippen molar-refractivity contribution in [2.75, 3.05) is 7.05 Å². The zero-order chi connectivity index (χ0) is 17.3. The quantitative estimate of drug-likeness (QED) is 0.802. The molecule has 0 saturated heterocycles. The van der Waals surface area contributed by atoms with Gasteiger partial charge in [-0.2, -0.15) is 0 Å². The number of halogens is 1. The normalized spacial score (nSPS) is 19.4. The molecule has 1 unspecified atom stereocenters. The molecule has 1 amide bonds. The summed E-state index contributed by atoms with van der Waals surface area (Å²) in [4.78, 5) is 26.7. The predicted molar refractivity (Wildman–Crippen MR) is 91.9 cm³/mol. The number of fused-ring (bicyclic) bond motifs is 1. The van der Waals surface area contributed by atoms with Gasteiger partial charge in [-0.15, -0.1) is 0 Å². The van der Waals surface area contributed by atoms with Crippen LogP contribution in [0.4, 0.5) is 0 Å². The molecule has 5 heteroatoms. The third-order valence-corrected chi connectivity index (χ3v) is 4.43. The van der Waals surface area contributed by atoms with Gasteiger partial charge in [0.15, 0.2) is 5.60 Å². The first kappa shape index (κ1) is 16.5. The number of nitrogens with zero attached hydrogens (tertiary/aromatic N) is 1. The lowest BCUT2D eigenvalue weighted by Gasteiger charge is -2.36. The molecule has 0 aliphatic carbocycles. The van der Waals surface area contributed by atoms with Crippen molar-refractivity contribution in [1.82, 2.24) is 4.90 Å². The lowest BCUT2D eigenvalue weighted by molar-refractivity contribution is -0.150. The number of ether oxygens (including phenoxy) is 1. The average molecular weight is 344 g/mol. The van der Waals surface area contributed by atoms with Crippen LogP contribution in [0, 0.1) is 0 Å². The van der Waals surface area contributed by atoms with Crippen LogP contribution < -0.4 is 0 Å². The van der Waals surface area contributed by atoms with E-state index in [1.54, 1.807) is 37.1 Å². The van der Waals surface area contributed by atoms with Crippen LogP contribution >= 0.6 is 11.6 Å². The third kappa shape index (κ3) is 3.15. The second-order valence-corrected chi connectivity index (χ2v) is 6.68. The van der Waals surface area contributed by atoms with Crippen LogP contribution in [-0.4, -0.2) is 29.4 Å². The molecule has 0 radical (unpaired) electrons. The van der Waals surface area contributed by atoms with Gasteiger partial charge in [-0.05, 0) is 36.2 Å². The summed E-state index contributed by atoms with van der Waals surface area (Å²) in [5, 5.41) is 0.623. The Kier molecular flexibility index (Phi) is 4.33. The summed E-state index contributed by atoms with van der Waals surface area (Å²) in [6.45, 7) is 2.06. The Bertz CT molecular complexity index is 805. The third-order valence-electron chi connectivity index (χ3n) is 4.19. The number of carbonyl (C=O) groups excluding carboxylic acids is 2. The van der Waals surface area contributed by atoms with Crippen LogP contribution in [0.5, 0.6) is 0 Å². The van der Waals surface area contributed by atoms with Crippen molar-refractivity contribution in [3.63, 3.8) is 0 Å². The lowest BCUT2D eigenvalue weighted by atomic mass is 9.89. The predicted octanol–water partition coefficient (Wildman–Crippen LogP) is 3.47. The zero-order valence-electron chi connectivity index (χ0n) is 13.6. The van der Waals surface area contributed by atoms with Crippen LogP contribution in [-0.2, 0) is 22.5 Å². The van der Waals surface area contributed by atoms with Gasteiger partial charge in [-0.3, -0.25) is 4.79 Å². The molecule has 0 fully saturated rings. The van der Waals surface area contributed by atoms with Gasteiger partial charge >= 0.3 is 5.97 Å². The standard InChI is InChI=1S/C19H18ClNO3/c1-19(11-14-7-3-4-9-16(14)17(22)24-19)18(23)21(2)12-13-6-5-8-15(20)10-13/h3-10H,11-12H2,1-2H3. The van der Waals surface area contributed by atoms with Crippen molar-refractivity contribution in [2.24, 2.45) is 0 Å². The first-order chi connectivity index (χ1) is 11.4. The average Bonchev–Trinajstić information content (AvgIpc) is 2.54. The summed E-state index contributed by atoms with van der Waals surface area (Å²) in [5.74, 6) is -0.686. The number of benzene rings is 2. The molecule has 2 aromatic carbocycles. The Morgan fingerprint density at radius 3 is 2.75 bits per heavy atom. The summed E-state index contributed by atoms with van der Waals surface area (Å²) in [6.07, 6.45) is 0.369. The molecule has 0 N–H and O–H groups in total. The zero-order valence-corrected chi connectivity index (χ0v) is 14.3. The van der Waals surface area contributed by atoms with Gasteiger partial charge in [-0.25, -0.2) is 4.79 Å². The summed E-state index contributed by atoms with van der Waals surface area (Å²) >= 11 is 5.99. The fourth-order valence-corrected chi connectivity index (χ4v) is 3.25. The summed E-state index contributed by atoms with van der Waals surface area (Å²) in [5.41, 5.74) is 1.09. The second-order valence-electron chi connectivity index (χ2n) is 6.25. The molecule has 4 nitrogen and oxygen atoms in total. The van der Waals surface area contributed by atoms with Crippen molar-refractivity contribution >= 4 is 23.5 Å². The molecule has 124 valence electrons. The van der Waals surface area contributed by atoms with E-state index in [2.05, 4.69) is 0 Å². The second kappa shape index (κ2) is 6.29. The number of carbonyl (C=O) groups is 2. The molecule has 0 bridgehead atoms. The maximum absolute atomic E-state index is 12.9. The van der Waals surface area contributed by atoms with Crippen LogP contribution in [0.3, 0.4) is 0 Å². The highest BCUT2D eigenvalue weighted by Gasteiger charge is 2.44. The first-order valence-corrected chi connectivity index (χ1v) is 8.08. The fourth-order valence-electron chi connectivity index (χ4n) is 3.04. The van der Waals surface area contributed by atoms with Gasteiger partial charge in [-0.1, -0.05) is 41.9 Å². The molecule has 24 heavy (non-hydrogen) atoms. The minimum absolute atomic E-state index is 0.231. The fraction of sp³-hybridized carbons (Fsp3) is 0.263. The van der Waals surface area contributed by atoms with Gasteiger partial charge in [0.1, 0.15) is 0 Å². The Balaban J connectivity index is 1.80. The SMILES string of the molecule is CN(Cc1cccc(Cl)c1)C(=O)C1(C)Cc2ccccc2C(=O)O1. The van der Waals surface area contributed by atoms with E-state index in [-0.39, 0.29) is 5.91 Å². The van der Waals surface area contributed by atoms with Gasteiger partial charge in [0, 0.05) is 25.0 Å². The maximum atomic E-state index is 12.9. The molecule has 0 saturated carbocycles. The Labute approximate surface area is 146 Å². The molecule has 1 aliphatic rings. The van der Waals surface area contributed by atoms with E-state index < -0.39 is 11.6 Å². The molecule has 1 atom stereocenters. The Morgan fingerprint density at radius 2 is 2.00 bits per heavy atom. The Morgan fingerprint density at radius 1 is 1.25 bits per heavy atom. The smallest absolute Gasteiger partial charge is 0.339 e. The van der Waals surface area contributed by atoms with E-state index in [0.717, 1.165) is 11.1 Å². The first-order valence-electron chi connectivity index (χ1n) is 7.70. The number of hydrogen-bond donors (Lipinski definition) is 0. The van der Waals surface area contributed by atoms with Crippen LogP contribution in [0.2, 0.25) is 5.02 Å². The van der Waals surface area contributed by atoms with E-state index in [1.807, 2.05) is 30.3 Å². The molecule has 0 aromatic heterocycles. The summed E-state index contributed by atoms with van der Waals surface area (Å²) < 4.78 is 5.49. The maximum Gasteiger partial charge on any atom is 0.339 e. The minimum Gasteiger partial charge on any atom is -0.445 e. The number of esters is 1. The number of rotatable bonds is 3. The molecule has 1 aliphatic heterocycles. The highest BCUT2D eigenvalue weighted by atomic mass is 35.5. The van der Waals surface area contributed by atoms with Crippen molar-refractivity contribution < 1.29 is 14.3 Å². The van der Waals surface area contributed by atoms with E-state index in [4.69, 9.17) is 16.3 Å². The Hall–Kier alpha value is -2.33. The van der Waals surface area contributed by atoms with Crippen LogP contribution in [0.15, 0.2) is 48.5 Å². The van der Waals surface area contributed by atoms with Gasteiger partial charge < -0.3 is 9.64 Å². The molecule has 1 heterocycles. The van der Waals surface area contributed by atoms with Crippen molar-refractivity contribution in [1.29, 1.82) is 0 Å². The van der Waals surface area contributed by atoms with Crippen molar-refractivity contribution in [3.8, 4) is 0 Å². The number of likely N-dealkylation sites (N-methyl/N-ethyl adjacent to an activating group) is 1. The molecular weight excluding hydrogens is 326 g/mol. The molecule has 0 spiro atoms.